The number of hydrogen-bond donors (Lipinski definition) is 1. The molecule has 5 rings (SSSR count). The van der Waals surface area contributed by atoms with Gasteiger partial charge in [0, 0.05) is 18.0 Å². The molecule has 0 saturated heterocycles. The zero-order valence-corrected chi connectivity index (χ0v) is 17.8. The van der Waals surface area contributed by atoms with Crippen LogP contribution in [-0.4, -0.2) is 15.5 Å². The lowest BCUT2D eigenvalue weighted by molar-refractivity contribution is -0.116. The van der Waals surface area contributed by atoms with E-state index < -0.39 is 0 Å². The van der Waals surface area contributed by atoms with Gasteiger partial charge in [-0.15, -0.1) is 0 Å². The molecule has 0 spiro atoms. The van der Waals surface area contributed by atoms with Crippen molar-refractivity contribution in [2.24, 2.45) is 0 Å². The summed E-state index contributed by atoms with van der Waals surface area (Å²) in [5.41, 5.74) is 3.45. The molecule has 1 saturated carbocycles. The van der Waals surface area contributed by atoms with Crippen LogP contribution in [0.4, 0.5) is 5.69 Å². The molecule has 4 aromatic rings. The molecular formula is C27H25N3O2. The molecular weight excluding hydrogens is 398 g/mol. The summed E-state index contributed by atoms with van der Waals surface area (Å²) in [6, 6.07) is 25.3. The monoisotopic (exact) mass is 423 g/mol. The molecule has 160 valence electrons. The van der Waals surface area contributed by atoms with E-state index in [0.29, 0.717) is 41.9 Å². The Morgan fingerprint density at radius 2 is 1.62 bits per heavy atom. The second-order valence-corrected chi connectivity index (χ2v) is 8.39. The molecule has 0 atom stereocenters. The predicted octanol–water partition coefficient (Wildman–Crippen LogP) is 4.89. The molecule has 5 nitrogen and oxygen atoms in total. The number of aromatic nitrogens is 2. The van der Waals surface area contributed by atoms with Crippen LogP contribution in [0.2, 0.25) is 0 Å². The lowest BCUT2D eigenvalue weighted by atomic mass is 10.1. The molecule has 1 aliphatic rings. The van der Waals surface area contributed by atoms with Crippen LogP contribution >= 0.6 is 0 Å². The predicted molar refractivity (Wildman–Crippen MR) is 127 cm³/mol. The number of nitrogens with zero attached hydrogens (tertiary/aromatic N) is 2. The van der Waals surface area contributed by atoms with Crippen LogP contribution in [0.5, 0.6) is 0 Å². The highest BCUT2D eigenvalue weighted by molar-refractivity contribution is 5.93. The number of carbonyl (C=O) groups excluding carboxylic acids is 1. The first-order chi connectivity index (χ1) is 15.7. The number of fused-ring (bicyclic) bond motifs is 1. The highest BCUT2D eigenvalue weighted by Crippen LogP contribution is 2.39. The smallest absolute Gasteiger partial charge is 0.261 e. The van der Waals surface area contributed by atoms with Crippen LogP contribution in [0.3, 0.4) is 0 Å². The molecule has 0 unspecified atom stereocenters. The summed E-state index contributed by atoms with van der Waals surface area (Å²) in [4.78, 5) is 30.7. The van der Waals surface area contributed by atoms with Crippen molar-refractivity contribution in [2.75, 3.05) is 5.32 Å². The Morgan fingerprint density at radius 1 is 0.938 bits per heavy atom. The van der Waals surface area contributed by atoms with Crippen molar-refractivity contribution < 1.29 is 4.79 Å². The van der Waals surface area contributed by atoms with Gasteiger partial charge in [-0.25, -0.2) is 4.98 Å². The first-order valence-electron chi connectivity index (χ1n) is 11.1. The quantitative estimate of drug-likeness (QED) is 0.460. The molecule has 5 heteroatoms. The Labute approximate surface area is 186 Å². The fourth-order valence-electron chi connectivity index (χ4n) is 4.01. The lowest BCUT2D eigenvalue weighted by Crippen LogP contribution is -2.26. The van der Waals surface area contributed by atoms with E-state index in [4.69, 9.17) is 4.98 Å². The van der Waals surface area contributed by atoms with Crippen molar-refractivity contribution in [3.8, 4) is 0 Å². The van der Waals surface area contributed by atoms with Crippen LogP contribution in [0.15, 0.2) is 83.7 Å². The minimum absolute atomic E-state index is 0.0545. The number of rotatable bonds is 7. The molecule has 1 amide bonds. The van der Waals surface area contributed by atoms with E-state index in [1.807, 2.05) is 72.8 Å². The molecule has 1 fully saturated rings. The third kappa shape index (κ3) is 4.47. The minimum atomic E-state index is -0.0691. The highest BCUT2D eigenvalue weighted by atomic mass is 16.1. The van der Waals surface area contributed by atoms with Gasteiger partial charge >= 0.3 is 0 Å². The van der Waals surface area contributed by atoms with Crippen molar-refractivity contribution in [3.05, 3.63) is 106 Å². The number of benzene rings is 3. The summed E-state index contributed by atoms with van der Waals surface area (Å²) in [6.45, 7) is 0.502. The maximum atomic E-state index is 13.4. The Hall–Kier alpha value is -3.73. The SMILES string of the molecule is O=C(CCc1ccccc1)Nc1ccc2nc(C3CC3)n(Cc3ccccc3)c(=O)c2c1. The molecule has 1 heterocycles. The van der Waals surface area contributed by atoms with Gasteiger partial charge in [-0.1, -0.05) is 60.7 Å². The van der Waals surface area contributed by atoms with Crippen molar-refractivity contribution in [2.45, 2.75) is 38.1 Å². The van der Waals surface area contributed by atoms with Gasteiger partial charge in [-0.05, 0) is 48.6 Å². The van der Waals surface area contributed by atoms with E-state index in [9.17, 15) is 9.59 Å². The third-order valence-corrected chi connectivity index (χ3v) is 5.88. The normalized spacial score (nSPS) is 13.2. The number of anilines is 1. The molecule has 3 aromatic carbocycles. The van der Waals surface area contributed by atoms with Crippen LogP contribution in [-0.2, 0) is 17.8 Å². The zero-order valence-electron chi connectivity index (χ0n) is 17.8. The number of nitrogens with one attached hydrogen (secondary N) is 1. The van der Waals surface area contributed by atoms with E-state index in [1.54, 1.807) is 10.6 Å². The van der Waals surface area contributed by atoms with Gasteiger partial charge in [-0.3, -0.25) is 14.2 Å². The maximum Gasteiger partial charge on any atom is 0.261 e. The van der Waals surface area contributed by atoms with E-state index in [0.717, 1.165) is 29.8 Å². The molecule has 1 N–H and O–H groups in total. The summed E-state index contributed by atoms with van der Waals surface area (Å²) >= 11 is 0. The molecule has 0 bridgehead atoms. The maximum absolute atomic E-state index is 13.4. The van der Waals surface area contributed by atoms with Crippen LogP contribution in [0, 0.1) is 0 Å². The fourth-order valence-corrected chi connectivity index (χ4v) is 4.01. The molecule has 0 aliphatic heterocycles. The number of carbonyl (C=O) groups is 1. The molecule has 32 heavy (non-hydrogen) atoms. The van der Waals surface area contributed by atoms with Crippen LogP contribution < -0.4 is 10.9 Å². The Balaban J connectivity index is 1.41. The summed E-state index contributed by atoms with van der Waals surface area (Å²) in [7, 11) is 0. The van der Waals surface area contributed by atoms with Gasteiger partial charge in [0.1, 0.15) is 5.82 Å². The largest absolute Gasteiger partial charge is 0.326 e. The Kier molecular flexibility index (Phi) is 5.55. The first-order valence-corrected chi connectivity index (χ1v) is 11.1. The van der Waals surface area contributed by atoms with E-state index in [1.165, 1.54) is 0 Å². The average Bonchev–Trinajstić information content (AvgIpc) is 3.66. The van der Waals surface area contributed by atoms with Crippen LogP contribution in [0.1, 0.15) is 42.1 Å². The highest BCUT2D eigenvalue weighted by Gasteiger charge is 2.29. The van der Waals surface area contributed by atoms with E-state index >= 15 is 0 Å². The fraction of sp³-hybridized carbons (Fsp3) is 0.222. The molecule has 0 radical (unpaired) electrons. The minimum Gasteiger partial charge on any atom is -0.326 e. The van der Waals surface area contributed by atoms with Crippen molar-refractivity contribution in [3.63, 3.8) is 0 Å². The standard InChI is InChI=1S/C27H25N3O2/c31-25(16-11-19-7-3-1-4-8-19)28-22-14-15-24-23(17-22)27(32)30(26(29-24)21-12-13-21)18-20-9-5-2-6-10-20/h1-10,14-15,17,21H,11-13,16,18H2,(H,28,31). The van der Waals surface area contributed by atoms with Crippen molar-refractivity contribution in [1.82, 2.24) is 9.55 Å². The van der Waals surface area contributed by atoms with Gasteiger partial charge in [0.15, 0.2) is 0 Å². The van der Waals surface area contributed by atoms with Gasteiger partial charge in [0.25, 0.3) is 5.56 Å². The Bertz CT molecular complexity index is 1310. The van der Waals surface area contributed by atoms with E-state index in [-0.39, 0.29) is 11.5 Å². The third-order valence-electron chi connectivity index (χ3n) is 5.88. The summed E-state index contributed by atoms with van der Waals surface area (Å²) < 4.78 is 1.80. The molecule has 1 aliphatic carbocycles. The number of aryl methyl sites for hydroxylation is 1. The molecule has 1 aromatic heterocycles. The van der Waals surface area contributed by atoms with Crippen LogP contribution in [0.25, 0.3) is 10.9 Å². The average molecular weight is 424 g/mol. The van der Waals surface area contributed by atoms with Gasteiger partial charge in [0.05, 0.1) is 17.4 Å². The topological polar surface area (TPSA) is 64.0 Å². The van der Waals surface area contributed by atoms with E-state index in [2.05, 4.69) is 5.32 Å². The summed E-state index contributed by atoms with van der Waals surface area (Å²) in [5, 5.41) is 3.47. The van der Waals surface area contributed by atoms with Gasteiger partial charge in [0.2, 0.25) is 5.91 Å². The summed E-state index contributed by atoms with van der Waals surface area (Å²) in [6.07, 6.45) is 3.21. The second kappa shape index (κ2) is 8.79. The lowest BCUT2D eigenvalue weighted by Gasteiger charge is -2.14. The number of hydrogen-bond acceptors (Lipinski definition) is 3. The van der Waals surface area contributed by atoms with Gasteiger partial charge < -0.3 is 5.32 Å². The zero-order chi connectivity index (χ0) is 21.9. The first kappa shape index (κ1) is 20.2. The summed E-state index contributed by atoms with van der Waals surface area (Å²) in [5.74, 6) is 1.15. The second-order valence-electron chi connectivity index (χ2n) is 8.39. The van der Waals surface area contributed by atoms with Crippen molar-refractivity contribution >= 4 is 22.5 Å². The Morgan fingerprint density at radius 3 is 2.31 bits per heavy atom. The van der Waals surface area contributed by atoms with Gasteiger partial charge in [-0.2, -0.15) is 0 Å². The van der Waals surface area contributed by atoms with Crippen molar-refractivity contribution in [1.29, 1.82) is 0 Å². The number of amides is 1.